The highest BCUT2D eigenvalue weighted by molar-refractivity contribution is 8.05. The molecule has 1 aliphatic rings. The molecule has 0 spiro atoms. The zero-order valence-electron chi connectivity index (χ0n) is 18.7. The molecule has 170 valence electrons. The van der Waals surface area contributed by atoms with Crippen LogP contribution in [-0.4, -0.2) is 17.1 Å². The van der Waals surface area contributed by atoms with E-state index in [1.807, 2.05) is 56.3 Å². The van der Waals surface area contributed by atoms with Crippen molar-refractivity contribution in [3.63, 3.8) is 0 Å². The average molecular weight is 472 g/mol. The summed E-state index contributed by atoms with van der Waals surface area (Å²) in [6, 6.07) is 22.5. The third-order valence-corrected chi connectivity index (χ3v) is 6.70. The van der Waals surface area contributed by atoms with Crippen molar-refractivity contribution in [3.8, 4) is 6.07 Å². The van der Waals surface area contributed by atoms with E-state index in [2.05, 4.69) is 5.32 Å². The largest absolute Gasteiger partial charge is 0.321 e. The minimum absolute atomic E-state index is 0.172. The number of nitrogens with one attached hydrogen (secondary N) is 1. The quantitative estimate of drug-likeness (QED) is 0.394. The van der Waals surface area contributed by atoms with Gasteiger partial charge in [-0.1, -0.05) is 59.3 Å². The summed E-state index contributed by atoms with van der Waals surface area (Å²) in [6.45, 7) is 3.94. The highest BCUT2D eigenvalue weighted by Gasteiger charge is 2.40. The molecule has 3 aromatic carbocycles. The molecule has 0 radical (unpaired) electrons. The topological polar surface area (TPSA) is 73.2 Å². The van der Waals surface area contributed by atoms with E-state index in [1.165, 1.54) is 40.9 Å². The zero-order valence-corrected chi connectivity index (χ0v) is 19.5. The normalized spacial score (nSPS) is 16.8. The number of carbonyl (C=O) groups excluding carboxylic acids is 2. The molecule has 4 rings (SSSR count). The van der Waals surface area contributed by atoms with Crippen LogP contribution in [0.5, 0.6) is 0 Å². The van der Waals surface area contributed by atoms with Crippen molar-refractivity contribution in [2.75, 3.05) is 10.2 Å². The fourth-order valence-electron chi connectivity index (χ4n) is 3.58. The predicted molar refractivity (Wildman–Crippen MR) is 133 cm³/mol. The van der Waals surface area contributed by atoms with Crippen LogP contribution in [-0.2, 0) is 16.0 Å². The number of nitrogens with zero attached hydrogens (tertiary/aromatic N) is 2. The first-order valence-electron chi connectivity index (χ1n) is 10.7. The lowest BCUT2D eigenvalue weighted by Gasteiger charge is -2.19. The second-order valence-electron chi connectivity index (χ2n) is 8.06. The second kappa shape index (κ2) is 9.94. The molecule has 1 fully saturated rings. The minimum Gasteiger partial charge on any atom is -0.321 e. The van der Waals surface area contributed by atoms with Gasteiger partial charge in [0.1, 0.15) is 22.5 Å². The lowest BCUT2D eigenvalue weighted by Crippen LogP contribution is -2.30. The average Bonchev–Trinajstić information content (AvgIpc) is 3.13. The van der Waals surface area contributed by atoms with Crippen LogP contribution in [0.15, 0.2) is 83.4 Å². The predicted octanol–water partition coefficient (Wildman–Crippen LogP) is 5.51. The van der Waals surface area contributed by atoms with Crippen molar-refractivity contribution < 1.29 is 14.0 Å². The third-order valence-electron chi connectivity index (χ3n) is 5.44. The number of thioether (sulfide) groups is 1. The highest BCUT2D eigenvalue weighted by Crippen LogP contribution is 2.42. The van der Waals surface area contributed by atoms with Crippen LogP contribution in [0.1, 0.15) is 16.7 Å². The molecule has 1 atom stereocenters. The summed E-state index contributed by atoms with van der Waals surface area (Å²) >= 11 is 1.21. The summed E-state index contributed by atoms with van der Waals surface area (Å²) < 4.78 is 13.2. The zero-order chi connectivity index (χ0) is 24.2. The second-order valence-corrected chi connectivity index (χ2v) is 9.25. The maximum Gasteiger partial charge on any atom is 0.269 e. The van der Waals surface area contributed by atoms with E-state index < -0.39 is 17.0 Å². The van der Waals surface area contributed by atoms with Crippen LogP contribution in [0.2, 0.25) is 0 Å². The number of hydrogen-bond donors (Lipinski definition) is 1. The van der Waals surface area contributed by atoms with Gasteiger partial charge in [-0.3, -0.25) is 14.5 Å². The molecule has 0 aromatic heterocycles. The number of hydrogen-bond acceptors (Lipinski definition) is 4. The van der Waals surface area contributed by atoms with E-state index in [1.54, 1.807) is 12.1 Å². The van der Waals surface area contributed by atoms with Gasteiger partial charge >= 0.3 is 0 Å². The summed E-state index contributed by atoms with van der Waals surface area (Å²) in [5.74, 6) is -1.28. The minimum atomic E-state index is -0.655. The van der Waals surface area contributed by atoms with Gasteiger partial charge in [-0.2, -0.15) is 5.26 Å². The Kier molecular flexibility index (Phi) is 6.80. The molecule has 1 heterocycles. The van der Waals surface area contributed by atoms with E-state index in [0.29, 0.717) is 17.8 Å². The number of benzene rings is 3. The Labute approximate surface area is 201 Å². The number of nitriles is 1. The van der Waals surface area contributed by atoms with Crippen LogP contribution in [0, 0.1) is 31.0 Å². The van der Waals surface area contributed by atoms with Crippen LogP contribution in [0.3, 0.4) is 0 Å². The maximum atomic E-state index is 13.5. The molecule has 2 amide bonds. The summed E-state index contributed by atoms with van der Waals surface area (Å²) in [5.41, 5.74) is 3.92. The van der Waals surface area contributed by atoms with Gasteiger partial charge in [-0.25, -0.2) is 4.39 Å². The van der Waals surface area contributed by atoms with Gasteiger partial charge < -0.3 is 5.32 Å². The van der Waals surface area contributed by atoms with Crippen molar-refractivity contribution in [1.82, 2.24) is 0 Å². The lowest BCUT2D eigenvalue weighted by molar-refractivity contribution is -0.117. The standard InChI is InChI=1S/C27H22FN3O2S/c1-17-3-7-19(8-4-17)15-24-26(33)31(22-13-5-18(2)6-14-22)27(34-24)23(16-29)25(32)30-21-11-9-20(28)10-12-21/h3-14,24H,15H2,1-2H3,(H,30,32)/b27-23+. The first-order valence-corrected chi connectivity index (χ1v) is 11.6. The van der Waals surface area contributed by atoms with Crippen molar-refractivity contribution >= 4 is 35.0 Å². The van der Waals surface area contributed by atoms with E-state index in [-0.39, 0.29) is 16.5 Å². The number of halogens is 1. The van der Waals surface area contributed by atoms with E-state index in [9.17, 15) is 19.2 Å². The smallest absolute Gasteiger partial charge is 0.269 e. The molecule has 34 heavy (non-hydrogen) atoms. The lowest BCUT2D eigenvalue weighted by atomic mass is 10.1. The first kappa shape index (κ1) is 23.3. The number of amides is 2. The Morgan fingerprint density at radius 3 is 2.18 bits per heavy atom. The fraction of sp³-hybridized carbons (Fsp3) is 0.148. The number of carbonyl (C=O) groups is 2. The number of aryl methyl sites for hydroxylation is 2. The molecule has 3 aromatic rings. The van der Waals surface area contributed by atoms with E-state index >= 15 is 0 Å². The fourth-order valence-corrected chi connectivity index (χ4v) is 4.89. The SMILES string of the molecule is Cc1ccc(CC2S/C(=C(\C#N)C(=O)Nc3ccc(F)cc3)N(c3ccc(C)cc3)C2=O)cc1. The Balaban J connectivity index is 1.71. The van der Waals surface area contributed by atoms with Crippen LogP contribution < -0.4 is 10.2 Å². The molecular formula is C27H22FN3O2S. The van der Waals surface area contributed by atoms with Gasteiger partial charge in [0, 0.05) is 11.4 Å². The number of anilines is 2. The molecule has 1 aliphatic heterocycles. The van der Waals surface area contributed by atoms with Gasteiger partial charge in [0.2, 0.25) is 5.91 Å². The van der Waals surface area contributed by atoms with E-state index in [4.69, 9.17) is 0 Å². The summed E-state index contributed by atoms with van der Waals surface area (Å²) in [4.78, 5) is 28.0. The van der Waals surface area contributed by atoms with Crippen LogP contribution in [0.25, 0.3) is 0 Å². The van der Waals surface area contributed by atoms with Gasteiger partial charge in [-0.05, 0) is 62.2 Å². The molecule has 0 bridgehead atoms. The van der Waals surface area contributed by atoms with Crippen molar-refractivity contribution in [2.45, 2.75) is 25.5 Å². The Morgan fingerprint density at radius 1 is 1.00 bits per heavy atom. The Bertz CT molecular complexity index is 1290. The molecular weight excluding hydrogens is 449 g/mol. The van der Waals surface area contributed by atoms with Crippen molar-refractivity contribution in [1.29, 1.82) is 5.26 Å². The first-order chi connectivity index (χ1) is 16.4. The summed E-state index contributed by atoms with van der Waals surface area (Å²) in [5, 5.41) is 12.3. The summed E-state index contributed by atoms with van der Waals surface area (Å²) in [6.07, 6.45) is 0.466. The number of rotatable bonds is 5. The van der Waals surface area contributed by atoms with Crippen molar-refractivity contribution in [2.24, 2.45) is 0 Å². The molecule has 5 nitrogen and oxygen atoms in total. The summed E-state index contributed by atoms with van der Waals surface area (Å²) in [7, 11) is 0. The highest BCUT2D eigenvalue weighted by atomic mass is 32.2. The Hall–Kier alpha value is -3.89. The van der Waals surface area contributed by atoms with Crippen molar-refractivity contribution in [3.05, 3.63) is 106 Å². The maximum absolute atomic E-state index is 13.5. The molecule has 7 heteroatoms. The van der Waals surface area contributed by atoms with Crippen LogP contribution in [0.4, 0.5) is 15.8 Å². The third kappa shape index (κ3) is 5.03. The van der Waals surface area contributed by atoms with Crippen LogP contribution >= 0.6 is 11.8 Å². The molecule has 1 saturated heterocycles. The monoisotopic (exact) mass is 471 g/mol. The Morgan fingerprint density at radius 2 is 1.59 bits per heavy atom. The molecule has 1 unspecified atom stereocenters. The van der Waals surface area contributed by atoms with Gasteiger partial charge in [0.25, 0.3) is 5.91 Å². The van der Waals surface area contributed by atoms with E-state index in [0.717, 1.165) is 16.7 Å². The molecule has 0 saturated carbocycles. The molecule has 0 aliphatic carbocycles. The van der Waals surface area contributed by atoms with Gasteiger partial charge in [0.15, 0.2) is 0 Å². The van der Waals surface area contributed by atoms with Gasteiger partial charge in [-0.15, -0.1) is 0 Å². The molecule has 1 N–H and O–H groups in total. The van der Waals surface area contributed by atoms with Gasteiger partial charge in [0.05, 0.1) is 5.25 Å².